The second kappa shape index (κ2) is 5.55. The summed E-state index contributed by atoms with van der Waals surface area (Å²) in [4.78, 5) is 14.4. The van der Waals surface area contributed by atoms with Gasteiger partial charge in [-0.25, -0.2) is 4.79 Å². The van der Waals surface area contributed by atoms with Gasteiger partial charge in [-0.1, -0.05) is 13.3 Å². The van der Waals surface area contributed by atoms with Crippen LogP contribution in [0.5, 0.6) is 0 Å². The van der Waals surface area contributed by atoms with E-state index < -0.39 is 5.60 Å². The smallest absolute Gasteiger partial charge is 0.410 e. The number of aliphatic hydroxyl groups is 1. The fourth-order valence-corrected chi connectivity index (χ4v) is 4.03. The molecule has 2 heterocycles. The molecule has 2 aliphatic heterocycles. The highest BCUT2D eigenvalue weighted by Crippen LogP contribution is 2.49. The number of nitrogens with zero attached hydrogens (tertiary/aromatic N) is 1. The van der Waals surface area contributed by atoms with Crippen LogP contribution < -0.4 is 0 Å². The van der Waals surface area contributed by atoms with Crippen LogP contribution in [0.15, 0.2) is 0 Å². The zero-order chi connectivity index (χ0) is 15.0. The van der Waals surface area contributed by atoms with Crippen LogP contribution in [0, 0.1) is 5.41 Å². The van der Waals surface area contributed by atoms with Crippen molar-refractivity contribution in [3.05, 3.63) is 0 Å². The van der Waals surface area contributed by atoms with Gasteiger partial charge in [-0.15, -0.1) is 0 Å². The summed E-state index contributed by atoms with van der Waals surface area (Å²) < 4.78 is 5.58. The van der Waals surface area contributed by atoms with Crippen molar-refractivity contribution in [2.24, 2.45) is 5.41 Å². The highest BCUT2D eigenvalue weighted by atomic mass is 16.6. The Bertz CT molecular complexity index is 363. The van der Waals surface area contributed by atoms with E-state index in [9.17, 15) is 9.90 Å². The molecule has 0 saturated carbocycles. The molecule has 20 heavy (non-hydrogen) atoms. The first kappa shape index (κ1) is 15.6. The Morgan fingerprint density at radius 3 is 2.60 bits per heavy atom. The number of rotatable bonds is 3. The molecule has 2 fully saturated rings. The second-order valence-electron chi connectivity index (χ2n) is 7.44. The number of aliphatic hydroxyl groups excluding tert-OH is 1. The minimum Gasteiger partial charge on any atom is -0.444 e. The van der Waals surface area contributed by atoms with Crippen molar-refractivity contribution in [3.63, 3.8) is 0 Å². The van der Waals surface area contributed by atoms with E-state index in [0.29, 0.717) is 6.04 Å². The number of carbonyl (C=O) groups excluding carboxylic acids is 1. The van der Waals surface area contributed by atoms with E-state index in [1.165, 1.54) is 0 Å². The molecule has 1 amide bonds. The summed E-state index contributed by atoms with van der Waals surface area (Å²) in [5, 5.41) is 9.95. The van der Waals surface area contributed by atoms with Crippen LogP contribution in [-0.4, -0.2) is 40.4 Å². The predicted molar refractivity (Wildman–Crippen MR) is 78.5 cm³/mol. The van der Waals surface area contributed by atoms with Gasteiger partial charge in [0.1, 0.15) is 5.60 Å². The molecule has 2 rings (SSSR count). The average molecular weight is 283 g/mol. The van der Waals surface area contributed by atoms with Crippen molar-refractivity contribution in [2.75, 3.05) is 6.61 Å². The number of carbonyl (C=O) groups is 1. The molecule has 2 bridgehead atoms. The number of piperidine rings is 1. The van der Waals surface area contributed by atoms with Gasteiger partial charge >= 0.3 is 6.09 Å². The second-order valence-corrected chi connectivity index (χ2v) is 7.44. The van der Waals surface area contributed by atoms with Crippen LogP contribution in [0.1, 0.15) is 66.2 Å². The lowest BCUT2D eigenvalue weighted by Crippen LogP contribution is -2.56. The highest BCUT2D eigenvalue weighted by Gasteiger charge is 2.53. The van der Waals surface area contributed by atoms with Gasteiger partial charge in [0.05, 0.1) is 6.61 Å². The van der Waals surface area contributed by atoms with Gasteiger partial charge < -0.3 is 14.7 Å². The van der Waals surface area contributed by atoms with E-state index in [1.807, 2.05) is 25.7 Å². The maximum Gasteiger partial charge on any atom is 0.410 e. The lowest BCUT2D eigenvalue weighted by Gasteiger charge is -2.48. The Labute approximate surface area is 122 Å². The lowest BCUT2D eigenvalue weighted by molar-refractivity contribution is -0.0451. The Morgan fingerprint density at radius 2 is 2.05 bits per heavy atom. The third-order valence-electron chi connectivity index (χ3n) is 4.85. The van der Waals surface area contributed by atoms with Crippen LogP contribution in [-0.2, 0) is 4.74 Å². The molecule has 116 valence electrons. The maximum atomic E-state index is 12.5. The largest absolute Gasteiger partial charge is 0.444 e. The molecule has 0 aliphatic carbocycles. The molecular weight excluding hydrogens is 254 g/mol. The van der Waals surface area contributed by atoms with E-state index in [0.717, 1.165) is 38.5 Å². The summed E-state index contributed by atoms with van der Waals surface area (Å²) in [7, 11) is 0. The molecule has 0 aromatic carbocycles. The first-order chi connectivity index (χ1) is 9.33. The van der Waals surface area contributed by atoms with Gasteiger partial charge in [0.15, 0.2) is 0 Å². The van der Waals surface area contributed by atoms with E-state index in [2.05, 4.69) is 6.92 Å². The fraction of sp³-hybridized carbons (Fsp3) is 0.938. The molecule has 0 aromatic heterocycles. The van der Waals surface area contributed by atoms with Crippen molar-refractivity contribution in [3.8, 4) is 0 Å². The predicted octanol–water partition coefficient (Wildman–Crippen LogP) is 3.33. The van der Waals surface area contributed by atoms with E-state index >= 15 is 0 Å². The standard InChI is InChI=1S/C16H29NO3/c1-5-9-16(11-18)10-8-12-6-7-13(16)17(12)14(19)20-15(2,3)4/h12-13,18H,5-11H2,1-4H3/t12-,13+,16-/m0/s1. The number of fused-ring (bicyclic) bond motifs is 2. The van der Waals surface area contributed by atoms with Gasteiger partial charge in [0.2, 0.25) is 0 Å². The summed E-state index contributed by atoms with van der Waals surface area (Å²) in [5.41, 5.74) is -0.570. The molecule has 0 radical (unpaired) electrons. The molecule has 2 aliphatic rings. The van der Waals surface area contributed by atoms with Crippen molar-refractivity contribution in [1.29, 1.82) is 0 Å². The zero-order valence-electron chi connectivity index (χ0n) is 13.3. The Kier molecular flexibility index (Phi) is 4.33. The monoisotopic (exact) mass is 283 g/mol. The third-order valence-corrected chi connectivity index (χ3v) is 4.85. The van der Waals surface area contributed by atoms with Crippen molar-refractivity contribution in [1.82, 2.24) is 4.90 Å². The van der Waals surface area contributed by atoms with Crippen LogP contribution in [0.25, 0.3) is 0 Å². The number of ether oxygens (including phenoxy) is 1. The quantitative estimate of drug-likeness (QED) is 0.864. The third kappa shape index (κ3) is 2.80. The van der Waals surface area contributed by atoms with Gasteiger partial charge in [0, 0.05) is 17.5 Å². The summed E-state index contributed by atoms with van der Waals surface area (Å²) in [6, 6.07) is 0.465. The molecule has 0 spiro atoms. The summed E-state index contributed by atoms with van der Waals surface area (Å²) in [5.74, 6) is 0. The first-order valence-corrected chi connectivity index (χ1v) is 7.95. The van der Waals surface area contributed by atoms with Gasteiger partial charge in [0.25, 0.3) is 0 Å². The Balaban J connectivity index is 2.19. The van der Waals surface area contributed by atoms with Gasteiger partial charge in [-0.2, -0.15) is 0 Å². The van der Waals surface area contributed by atoms with Crippen molar-refractivity contribution < 1.29 is 14.6 Å². The number of amides is 1. The van der Waals surface area contributed by atoms with Crippen molar-refractivity contribution in [2.45, 2.75) is 83.9 Å². The topological polar surface area (TPSA) is 49.8 Å². The molecule has 2 saturated heterocycles. The lowest BCUT2D eigenvalue weighted by atomic mass is 9.71. The average Bonchev–Trinajstić information content (AvgIpc) is 2.69. The normalized spacial score (nSPS) is 33.4. The summed E-state index contributed by atoms with van der Waals surface area (Å²) in [6.45, 7) is 8.04. The fourth-order valence-electron chi connectivity index (χ4n) is 4.03. The molecule has 3 atom stereocenters. The zero-order valence-corrected chi connectivity index (χ0v) is 13.3. The van der Waals surface area contributed by atoms with Crippen LogP contribution in [0.4, 0.5) is 4.79 Å². The molecule has 1 N–H and O–H groups in total. The van der Waals surface area contributed by atoms with Crippen LogP contribution >= 0.6 is 0 Å². The molecule has 4 heteroatoms. The van der Waals surface area contributed by atoms with Gasteiger partial charge in [-0.05, 0) is 52.9 Å². The number of hydrogen-bond donors (Lipinski definition) is 1. The van der Waals surface area contributed by atoms with Crippen molar-refractivity contribution >= 4 is 6.09 Å². The molecular formula is C16H29NO3. The molecule has 0 aromatic rings. The highest BCUT2D eigenvalue weighted by molar-refractivity contribution is 5.70. The maximum absolute atomic E-state index is 12.5. The van der Waals surface area contributed by atoms with E-state index in [1.54, 1.807) is 0 Å². The first-order valence-electron chi connectivity index (χ1n) is 7.95. The minimum absolute atomic E-state index is 0.112. The SMILES string of the molecule is CCC[C@@]1(CO)CC[C@@H]2CC[C@H]1N2C(=O)OC(C)(C)C. The summed E-state index contributed by atoms with van der Waals surface area (Å²) >= 11 is 0. The molecule has 0 unspecified atom stereocenters. The van der Waals surface area contributed by atoms with Crippen LogP contribution in [0.2, 0.25) is 0 Å². The number of hydrogen-bond acceptors (Lipinski definition) is 3. The summed E-state index contributed by atoms with van der Waals surface area (Å²) in [6.07, 6.45) is 5.92. The Morgan fingerprint density at radius 1 is 1.35 bits per heavy atom. The van der Waals surface area contributed by atoms with Crippen LogP contribution in [0.3, 0.4) is 0 Å². The van der Waals surface area contributed by atoms with E-state index in [4.69, 9.17) is 4.74 Å². The minimum atomic E-state index is -0.458. The van der Waals surface area contributed by atoms with E-state index in [-0.39, 0.29) is 24.2 Å². The molecule has 4 nitrogen and oxygen atoms in total. The van der Waals surface area contributed by atoms with Gasteiger partial charge in [-0.3, -0.25) is 0 Å². The Hall–Kier alpha value is -0.770.